The largest absolute Gasteiger partial charge is 0.357 e. The molecule has 2 N–H and O–H groups in total. The van der Waals surface area contributed by atoms with E-state index in [9.17, 15) is 0 Å². The van der Waals surface area contributed by atoms with Crippen LogP contribution >= 0.6 is 0 Å². The monoisotopic (exact) mass is 328 g/mol. The quantitative estimate of drug-likeness (QED) is 0.632. The van der Waals surface area contributed by atoms with E-state index in [2.05, 4.69) is 46.5 Å². The van der Waals surface area contributed by atoms with Gasteiger partial charge in [-0.2, -0.15) is 5.10 Å². The fourth-order valence-corrected chi connectivity index (χ4v) is 2.31. The third-order valence-corrected chi connectivity index (χ3v) is 3.48. The van der Waals surface area contributed by atoms with Crippen molar-refractivity contribution in [1.29, 1.82) is 0 Å². The summed E-state index contributed by atoms with van der Waals surface area (Å²) in [5.41, 5.74) is 3.15. The maximum absolute atomic E-state index is 4.61. The second kappa shape index (κ2) is 8.47. The molecular weight excluding hydrogens is 300 g/mol. The smallest absolute Gasteiger partial charge is 0.191 e. The number of guanidine groups is 1. The van der Waals surface area contributed by atoms with E-state index in [1.807, 2.05) is 42.9 Å². The average Bonchev–Trinajstić information content (AvgIpc) is 2.89. The van der Waals surface area contributed by atoms with Crippen LogP contribution in [0, 0.1) is 19.8 Å². The van der Waals surface area contributed by atoms with Crippen LogP contribution in [-0.4, -0.2) is 33.8 Å². The van der Waals surface area contributed by atoms with E-state index in [4.69, 9.17) is 0 Å². The Morgan fingerprint density at radius 2 is 2.04 bits per heavy atom. The van der Waals surface area contributed by atoms with Gasteiger partial charge >= 0.3 is 0 Å². The number of aromatic nitrogens is 3. The Kier molecular flexibility index (Phi) is 6.35. The Morgan fingerprint density at radius 3 is 2.58 bits per heavy atom. The van der Waals surface area contributed by atoms with E-state index in [-0.39, 0.29) is 0 Å². The van der Waals surface area contributed by atoms with Crippen LogP contribution in [0.25, 0.3) is 5.82 Å². The first kappa shape index (κ1) is 18.0. The topological polar surface area (TPSA) is 67.1 Å². The molecule has 0 aliphatic rings. The zero-order valence-corrected chi connectivity index (χ0v) is 15.3. The van der Waals surface area contributed by atoms with Gasteiger partial charge in [0.1, 0.15) is 0 Å². The third kappa shape index (κ3) is 5.08. The van der Waals surface area contributed by atoms with E-state index >= 15 is 0 Å². The summed E-state index contributed by atoms with van der Waals surface area (Å²) in [6.45, 7) is 12.8. The first-order chi connectivity index (χ1) is 11.5. The van der Waals surface area contributed by atoms with Crippen LogP contribution in [0.3, 0.4) is 0 Å². The molecule has 0 saturated carbocycles. The molecule has 2 heterocycles. The van der Waals surface area contributed by atoms with Gasteiger partial charge in [-0.3, -0.25) is 0 Å². The number of nitrogens with one attached hydrogen (secondary N) is 2. The lowest BCUT2D eigenvalue weighted by Gasteiger charge is -2.13. The highest BCUT2D eigenvalue weighted by Crippen LogP contribution is 2.10. The molecule has 130 valence electrons. The molecule has 0 bridgehead atoms. The van der Waals surface area contributed by atoms with Gasteiger partial charge in [-0.1, -0.05) is 19.9 Å². The normalized spacial score (nSPS) is 11.8. The van der Waals surface area contributed by atoms with Crippen LogP contribution < -0.4 is 10.6 Å². The highest BCUT2D eigenvalue weighted by molar-refractivity contribution is 5.79. The molecule has 0 saturated heterocycles. The Morgan fingerprint density at radius 1 is 1.25 bits per heavy atom. The van der Waals surface area contributed by atoms with E-state index in [0.29, 0.717) is 12.5 Å². The van der Waals surface area contributed by atoms with Crippen molar-refractivity contribution in [3.8, 4) is 5.82 Å². The van der Waals surface area contributed by atoms with Gasteiger partial charge in [-0.15, -0.1) is 0 Å². The van der Waals surface area contributed by atoms with E-state index < -0.39 is 0 Å². The van der Waals surface area contributed by atoms with Crippen LogP contribution in [0.4, 0.5) is 0 Å². The number of aryl methyl sites for hydroxylation is 2. The second-order valence-electron chi connectivity index (χ2n) is 6.33. The summed E-state index contributed by atoms with van der Waals surface area (Å²) in [6.07, 6.45) is 1.86. The Hall–Kier alpha value is -2.37. The molecule has 0 atom stereocenters. The minimum atomic E-state index is 0.579. The number of hydrogen-bond acceptors (Lipinski definition) is 3. The predicted octanol–water partition coefficient (Wildman–Crippen LogP) is 2.60. The fraction of sp³-hybridized carbons (Fsp3) is 0.500. The zero-order chi connectivity index (χ0) is 17.5. The van der Waals surface area contributed by atoms with Crippen LogP contribution in [-0.2, 0) is 6.54 Å². The van der Waals surface area contributed by atoms with E-state index in [1.54, 1.807) is 0 Å². The molecule has 0 radical (unpaired) electrons. The van der Waals surface area contributed by atoms with Gasteiger partial charge in [0.2, 0.25) is 0 Å². The number of pyridine rings is 1. The maximum atomic E-state index is 4.61. The fourth-order valence-electron chi connectivity index (χ4n) is 2.31. The highest BCUT2D eigenvalue weighted by Gasteiger charge is 2.05. The first-order valence-corrected chi connectivity index (χ1v) is 8.50. The number of aliphatic imine (C=N–C) groups is 1. The maximum Gasteiger partial charge on any atom is 0.191 e. The Balaban J connectivity index is 2.04. The molecule has 0 fully saturated rings. The molecule has 6 heteroatoms. The SMILES string of the molecule is CCNC(=NCc1ccc(-n2nc(C)cc2C)nc1)NCC(C)C. The average molecular weight is 328 g/mol. The van der Waals surface area contributed by atoms with Crippen molar-refractivity contribution >= 4 is 5.96 Å². The van der Waals surface area contributed by atoms with Crippen LogP contribution in [0.5, 0.6) is 0 Å². The van der Waals surface area contributed by atoms with Crippen molar-refractivity contribution < 1.29 is 0 Å². The summed E-state index contributed by atoms with van der Waals surface area (Å²) < 4.78 is 1.86. The van der Waals surface area contributed by atoms with Gasteiger partial charge in [-0.25, -0.2) is 14.7 Å². The molecule has 0 unspecified atom stereocenters. The van der Waals surface area contributed by atoms with Crippen molar-refractivity contribution in [1.82, 2.24) is 25.4 Å². The molecular formula is C18H28N6. The summed E-state index contributed by atoms with van der Waals surface area (Å²) >= 11 is 0. The summed E-state index contributed by atoms with van der Waals surface area (Å²) in [6, 6.07) is 6.08. The van der Waals surface area contributed by atoms with E-state index in [1.165, 1.54) is 0 Å². The highest BCUT2D eigenvalue weighted by atomic mass is 15.3. The molecule has 24 heavy (non-hydrogen) atoms. The molecule has 2 aromatic heterocycles. The molecule has 2 rings (SSSR count). The molecule has 0 aromatic carbocycles. The lowest BCUT2D eigenvalue weighted by Crippen LogP contribution is -2.39. The summed E-state index contributed by atoms with van der Waals surface area (Å²) in [5, 5.41) is 11.1. The van der Waals surface area contributed by atoms with Crippen molar-refractivity contribution in [2.45, 2.75) is 41.2 Å². The van der Waals surface area contributed by atoms with Crippen LogP contribution in [0.1, 0.15) is 37.7 Å². The summed E-state index contributed by atoms with van der Waals surface area (Å²) in [5.74, 6) is 2.25. The zero-order valence-electron chi connectivity index (χ0n) is 15.3. The molecule has 0 amide bonds. The minimum Gasteiger partial charge on any atom is -0.357 e. The van der Waals surface area contributed by atoms with Crippen LogP contribution in [0.15, 0.2) is 29.4 Å². The molecule has 2 aromatic rings. The van der Waals surface area contributed by atoms with Crippen molar-refractivity contribution in [2.24, 2.45) is 10.9 Å². The Labute approximate surface area is 144 Å². The first-order valence-electron chi connectivity index (χ1n) is 8.50. The van der Waals surface area contributed by atoms with Gasteiger partial charge in [0, 0.05) is 25.0 Å². The minimum absolute atomic E-state index is 0.579. The van der Waals surface area contributed by atoms with Gasteiger partial charge in [0.25, 0.3) is 0 Å². The number of nitrogens with zero attached hydrogens (tertiary/aromatic N) is 4. The molecule has 6 nitrogen and oxygen atoms in total. The molecule has 0 aliphatic carbocycles. The number of hydrogen-bond donors (Lipinski definition) is 2. The van der Waals surface area contributed by atoms with E-state index in [0.717, 1.165) is 41.8 Å². The van der Waals surface area contributed by atoms with Crippen molar-refractivity contribution in [2.75, 3.05) is 13.1 Å². The lowest BCUT2D eigenvalue weighted by molar-refractivity contribution is 0.615. The third-order valence-electron chi connectivity index (χ3n) is 3.48. The number of rotatable bonds is 6. The van der Waals surface area contributed by atoms with Gasteiger partial charge in [-0.05, 0) is 44.4 Å². The second-order valence-corrected chi connectivity index (χ2v) is 6.33. The van der Waals surface area contributed by atoms with Crippen LogP contribution in [0.2, 0.25) is 0 Å². The lowest BCUT2D eigenvalue weighted by atomic mass is 10.2. The standard InChI is InChI=1S/C18H28N6/c1-6-19-18(21-10-13(2)3)22-12-16-7-8-17(20-11-16)24-15(5)9-14(4)23-24/h7-9,11,13H,6,10,12H2,1-5H3,(H2,19,21,22). The molecule has 0 spiro atoms. The summed E-state index contributed by atoms with van der Waals surface area (Å²) in [4.78, 5) is 9.12. The Bertz CT molecular complexity index is 669. The van der Waals surface area contributed by atoms with Gasteiger partial charge in [0.05, 0.1) is 12.2 Å². The van der Waals surface area contributed by atoms with Gasteiger partial charge in [0.15, 0.2) is 11.8 Å². The van der Waals surface area contributed by atoms with Crippen molar-refractivity contribution in [3.63, 3.8) is 0 Å². The van der Waals surface area contributed by atoms with Crippen molar-refractivity contribution in [3.05, 3.63) is 41.3 Å². The summed E-state index contributed by atoms with van der Waals surface area (Å²) in [7, 11) is 0. The molecule has 0 aliphatic heterocycles. The predicted molar refractivity (Wildman–Crippen MR) is 98.5 cm³/mol. The van der Waals surface area contributed by atoms with Gasteiger partial charge < -0.3 is 10.6 Å².